The minimum atomic E-state index is -0.406. The third-order valence-corrected chi connectivity index (χ3v) is 4.61. The number of hydrogen-bond acceptors (Lipinski definition) is 4. The van der Waals surface area contributed by atoms with Crippen LogP contribution in [0.25, 0.3) is 0 Å². The van der Waals surface area contributed by atoms with E-state index >= 15 is 0 Å². The Labute approximate surface area is 150 Å². The van der Waals surface area contributed by atoms with E-state index in [1.165, 1.54) is 22.6 Å². The molecule has 5 heteroatoms. The van der Waals surface area contributed by atoms with E-state index in [-0.39, 0.29) is 5.69 Å². The Bertz CT molecular complexity index is 878. The molecule has 0 radical (unpaired) electrons. The molecule has 4 nitrogen and oxygen atoms in total. The van der Waals surface area contributed by atoms with Crippen molar-refractivity contribution in [3.05, 3.63) is 100 Å². The van der Waals surface area contributed by atoms with Crippen molar-refractivity contribution in [2.45, 2.75) is 10.6 Å². The third-order valence-electron chi connectivity index (χ3n) is 3.53. The summed E-state index contributed by atoms with van der Waals surface area (Å²) in [5, 5.41) is 10.8. The summed E-state index contributed by atoms with van der Waals surface area (Å²) in [6, 6.07) is 24.7. The van der Waals surface area contributed by atoms with Crippen LogP contribution in [0, 0.1) is 10.1 Å². The number of non-ortho nitro benzene ring substituents is 1. The molecule has 124 valence electrons. The molecule has 0 atom stereocenters. The first-order valence-corrected chi connectivity index (χ1v) is 8.74. The van der Waals surface area contributed by atoms with Gasteiger partial charge in [0.25, 0.3) is 5.69 Å². The number of benzene rings is 3. The second kappa shape index (κ2) is 8.26. The Morgan fingerprint density at radius 3 is 2.44 bits per heavy atom. The average molecular weight is 348 g/mol. The summed E-state index contributed by atoms with van der Waals surface area (Å²) in [4.78, 5) is 16.0. The lowest BCUT2D eigenvalue weighted by atomic mass is 10.2. The van der Waals surface area contributed by atoms with Gasteiger partial charge < -0.3 is 0 Å². The summed E-state index contributed by atoms with van der Waals surface area (Å²) in [5.74, 6) is 0.902. The van der Waals surface area contributed by atoms with Gasteiger partial charge >= 0.3 is 0 Å². The zero-order chi connectivity index (χ0) is 17.5. The van der Waals surface area contributed by atoms with E-state index in [1.807, 2.05) is 30.3 Å². The monoisotopic (exact) mass is 348 g/mol. The number of rotatable bonds is 6. The second-order valence-electron chi connectivity index (χ2n) is 5.38. The molecule has 3 rings (SSSR count). The molecule has 0 fully saturated rings. The molecule has 0 aliphatic carbocycles. The molecule has 0 unspecified atom stereocenters. The van der Waals surface area contributed by atoms with Gasteiger partial charge in [0.2, 0.25) is 0 Å². The molecule has 0 aromatic heterocycles. The van der Waals surface area contributed by atoms with Gasteiger partial charge in [0.05, 0.1) is 10.6 Å². The van der Waals surface area contributed by atoms with Gasteiger partial charge in [-0.15, -0.1) is 11.8 Å². The Kier molecular flexibility index (Phi) is 5.59. The fourth-order valence-corrected chi connectivity index (χ4v) is 3.10. The average Bonchev–Trinajstić information content (AvgIpc) is 2.66. The molecule has 0 N–H and O–H groups in total. The highest BCUT2D eigenvalue weighted by Gasteiger charge is 2.04. The van der Waals surface area contributed by atoms with Crippen molar-refractivity contribution in [2.24, 2.45) is 4.99 Å². The van der Waals surface area contributed by atoms with Crippen LogP contribution in [-0.2, 0) is 5.75 Å². The lowest BCUT2D eigenvalue weighted by Crippen LogP contribution is -1.89. The first kappa shape index (κ1) is 16.9. The van der Waals surface area contributed by atoms with Gasteiger partial charge in [0.15, 0.2) is 0 Å². The predicted octanol–water partition coefficient (Wildman–Crippen LogP) is 5.64. The standard InChI is InChI=1S/C20H16N2O2S/c23-22(24)19-6-4-5-17(13-19)14-21-18-11-9-16(10-12-18)15-25-20-7-2-1-3-8-20/h1-14H,15H2. The van der Waals surface area contributed by atoms with Crippen molar-refractivity contribution < 1.29 is 4.92 Å². The van der Waals surface area contributed by atoms with Crippen molar-refractivity contribution >= 4 is 29.4 Å². The molecule has 0 saturated heterocycles. The molecule has 0 saturated carbocycles. The van der Waals surface area contributed by atoms with Crippen LogP contribution in [0.4, 0.5) is 11.4 Å². The zero-order valence-corrected chi connectivity index (χ0v) is 14.2. The summed E-state index contributed by atoms with van der Waals surface area (Å²) in [6.07, 6.45) is 1.64. The van der Waals surface area contributed by atoms with Gasteiger partial charge in [-0.25, -0.2) is 0 Å². The Morgan fingerprint density at radius 2 is 1.72 bits per heavy atom. The zero-order valence-electron chi connectivity index (χ0n) is 13.4. The van der Waals surface area contributed by atoms with Gasteiger partial charge in [-0.2, -0.15) is 0 Å². The highest BCUT2D eigenvalue weighted by atomic mass is 32.2. The van der Waals surface area contributed by atoms with Gasteiger partial charge in [-0.1, -0.05) is 42.5 Å². The van der Waals surface area contributed by atoms with E-state index in [4.69, 9.17) is 0 Å². The van der Waals surface area contributed by atoms with E-state index in [2.05, 4.69) is 29.3 Å². The molecule has 3 aromatic rings. The third kappa shape index (κ3) is 5.02. The maximum atomic E-state index is 10.8. The number of nitrogens with zero attached hydrogens (tertiary/aromatic N) is 2. The maximum absolute atomic E-state index is 10.8. The van der Waals surface area contributed by atoms with Crippen molar-refractivity contribution in [2.75, 3.05) is 0 Å². The van der Waals surface area contributed by atoms with Crippen LogP contribution in [0.15, 0.2) is 88.8 Å². The van der Waals surface area contributed by atoms with Crippen LogP contribution in [0.2, 0.25) is 0 Å². The van der Waals surface area contributed by atoms with Crippen molar-refractivity contribution in [1.29, 1.82) is 0 Å². The normalized spacial score (nSPS) is 10.9. The van der Waals surface area contributed by atoms with Crippen LogP contribution in [0.3, 0.4) is 0 Å². The number of hydrogen-bond donors (Lipinski definition) is 0. The molecular weight excluding hydrogens is 332 g/mol. The molecular formula is C20H16N2O2S. The fraction of sp³-hybridized carbons (Fsp3) is 0.0500. The molecule has 0 bridgehead atoms. The summed E-state index contributed by atoms with van der Waals surface area (Å²) in [5.41, 5.74) is 2.82. The van der Waals surface area contributed by atoms with E-state index in [0.29, 0.717) is 5.56 Å². The summed E-state index contributed by atoms with van der Waals surface area (Å²) >= 11 is 1.79. The van der Waals surface area contributed by atoms with Gasteiger partial charge in [-0.05, 0) is 35.4 Å². The molecule has 0 aliphatic heterocycles. The lowest BCUT2D eigenvalue weighted by Gasteiger charge is -2.02. The molecule has 0 spiro atoms. The number of aliphatic imine (C=N–C) groups is 1. The minimum Gasteiger partial charge on any atom is -0.258 e. The molecule has 0 aliphatic rings. The highest BCUT2D eigenvalue weighted by Crippen LogP contribution is 2.23. The predicted molar refractivity (Wildman–Crippen MR) is 103 cm³/mol. The highest BCUT2D eigenvalue weighted by molar-refractivity contribution is 7.98. The van der Waals surface area contributed by atoms with Gasteiger partial charge in [0, 0.05) is 29.0 Å². The van der Waals surface area contributed by atoms with Crippen molar-refractivity contribution in [3.8, 4) is 0 Å². The molecule has 0 amide bonds. The molecule has 25 heavy (non-hydrogen) atoms. The SMILES string of the molecule is O=[N+]([O-])c1cccc(C=Nc2ccc(CSc3ccccc3)cc2)c1. The smallest absolute Gasteiger partial charge is 0.258 e. The Hall–Kier alpha value is -2.92. The van der Waals surface area contributed by atoms with Gasteiger partial charge in [-0.3, -0.25) is 15.1 Å². The first-order chi connectivity index (χ1) is 12.2. The Morgan fingerprint density at radius 1 is 0.960 bits per heavy atom. The molecule has 0 heterocycles. The molecule has 3 aromatic carbocycles. The van der Waals surface area contributed by atoms with E-state index < -0.39 is 4.92 Å². The van der Waals surface area contributed by atoms with Crippen LogP contribution >= 0.6 is 11.8 Å². The maximum Gasteiger partial charge on any atom is 0.270 e. The number of thioether (sulfide) groups is 1. The topological polar surface area (TPSA) is 55.5 Å². The van der Waals surface area contributed by atoms with Crippen LogP contribution < -0.4 is 0 Å². The Balaban J connectivity index is 1.62. The summed E-state index contributed by atoms with van der Waals surface area (Å²) < 4.78 is 0. The quantitative estimate of drug-likeness (QED) is 0.251. The second-order valence-corrected chi connectivity index (χ2v) is 6.43. The van der Waals surface area contributed by atoms with Gasteiger partial charge in [0.1, 0.15) is 0 Å². The summed E-state index contributed by atoms with van der Waals surface area (Å²) in [6.45, 7) is 0. The lowest BCUT2D eigenvalue weighted by molar-refractivity contribution is -0.384. The first-order valence-electron chi connectivity index (χ1n) is 7.76. The van der Waals surface area contributed by atoms with Crippen LogP contribution in [-0.4, -0.2) is 11.1 Å². The van der Waals surface area contributed by atoms with E-state index in [1.54, 1.807) is 30.1 Å². The summed E-state index contributed by atoms with van der Waals surface area (Å²) in [7, 11) is 0. The van der Waals surface area contributed by atoms with Crippen LogP contribution in [0.1, 0.15) is 11.1 Å². The number of nitro groups is 1. The number of nitro benzene ring substituents is 1. The largest absolute Gasteiger partial charge is 0.270 e. The van der Waals surface area contributed by atoms with E-state index in [9.17, 15) is 10.1 Å². The van der Waals surface area contributed by atoms with Crippen molar-refractivity contribution in [1.82, 2.24) is 0 Å². The minimum absolute atomic E-state index is 0.0669. The van der Waals surface area contributed by atoms with Crippen molar-refractivity contribution in [3.63, 3.8) is 0 Å². The fourth-order valence-electron chi connectivity index (χ4n) is 2.23. The van der Waals surface area contributed by atoms with Crippen LogP contribution in [0.5, 0.6) is 0 Å². The van der Waals surface area contributed by atoms with E-state index in [0.717, 1.165) is 11.4 Å².